The Morgan fingerprint density at radius 3 is 2.86 bits per heavy atom. The summed E-state index contributed by atoms with van der Waals surface area (Å²) in [6.07, 6.45) is 2.14. The second kappa shape index (κ2) is 2.07. The first-order valence-corrected chi connectivity index (χ1v) is 2.45. The van der Waals surface area contributed by atoms with Crippen LogP contribution in [0, 0.1) is 0 Å². The topological polar surface area (TPSA) is 12.0 Å². The fourth-order valence-corrected chi connectivity index (χ4v) is 0.595. The van der Waals surface area contributed by atoms with E-state index in [1.54, 1.807) is 6.08 Å². The molecule has 0 saturated heterocycles. The second-order valence-corrected chi connectivity index (χ2v) is 1.61. The number of hydrogen-bond acceptors (Lipinski definition) is 1. The van der Waals surface area contributed by atoms with Crippen LogP contribution in [0.2, 0.25) is 0 Å². The van der Waals surface area contributed by atoms with Gasteiger partial charge in [-0.15, -0.1) is 0 Å². The molecular formula is C5H8FN. The zero-order valence-electron chi connectivity index (χ0n) is 4.08. The Labute approximate surface area is 42.2 Å². The molecular weight excluding hydrogens is 93.1 g/mol. The molecule has 2 heteroatoms. The van der Waals surface area contributed by atoms with E-state index in [1.165, 1.54) is 0 Å². The highest BCUT2D eigenvalue weighted by Crippen LogP contribution is 2.02. The Morgan fingerprint density at radius 1 is 1.71 bits per heavy atom. The predicted octanol–water partition coefficient (Wildman–Crippen LogP) is 0.833. The normalized spacial score (nSPS) is 21.6. The molecule has 0 atom stereocenters. The lowest BCUT2D eigenvalue weighted by molar-refractivity contribution is 0.541. The van der Waals surface area contributed by atoms with Crippen molar-refractivity contribution in [3.05, 3.63) is 11.9 Å². The van der Waals surface area contributed by atoms with Gasteiger partial charge in [-0.3, -0.25) is 0 Å². The zero-order valence-corrected chi connectivity index (χ0v) is 4.08. The van der Waals surface area contributed by atoms with Gasteiger partial charge in [0.15, 0.2) is 0 Å². The SMILES string of the molecule is FC1=CCNCC1. The van der Waals surface area contributed by atoms with Crippen LogP contribution in [-0.4, -0.2) is 13.1 Å². The average molecular weight is 101 g/mol. The first kappa shape index (κ1) is 4.78. The largest absolute Gasteiger partial charge is 0.313 e. The van der Waals surface area contributed by atoms with Crippen LogP contribution in [0.1, 0.15) is 6.42 Å². The molecule has 0 aromatic carbocycles. The fraction of sp³-hybridized carbons (Fsp3) is 0.600. The van der Waals surface area contributed by atoms with E-state index < -0.39 is 0 Å². The molecule has 0 radical (unpaired) electrons. The lowest BCUT2D eigenvalue weighted by Crippen LogP contribution is -2.19. The van der Waals surface area contributed by atoms with Gasteiger partial charge >= 0.3 is 0 Å². The Balaban J connectivity index is 2.40. The van der Waals surface area contributed by atoms with Gasteiger partial charge in [0.2, 0.25) is 0 Å². The first-order valence-electron chi connectivity index (χ1n) is 2.45. The summed E-state index contributed by atoms with van der Waals surface area (Å²) in [5.41, 5.74) is 0. The second-order valence-electron chi connectivity index (χ2n) is 1.61. The smallest absolute Gasteiger partial charge is 0.0985 e. The molecule has 1 nitrogen and oxygen atoms in total. The predicted molar refractivity (Wildman–Crippen MR) is 26.7 cm³/mol. The van der Waals surface area contributed by atoms with Gasteiger partial charge in [0, 0.05) is 19.5 Å². The molecule has 0 saturated carbocycles. The highest BCUT2D eigenvalue weighted by molar-refractivity contribution is 4.97. The summed E-state index contributed by atoms with van der Waals surface area (Å²) < 4.78 is 12.0. The van der Waals surface area contributed by atoms with Crippen LogP contribution in [-0.2, 0) is 0 Å². The molecule has 40 valence electrons. The van der Waals surface area contributed by atoms with Crippen LogP contribution < -0.4 is 5.32 Å². The van der Waals surface area contributed by atoms with Crippen LogP contribution >= 0.6 is 0 Å². The Hall–Kier alpha value is -0.370. The summed E-state index contributed by atoms with van der Waals surface area (Å²) in [4.78, 5) is 0. The summed E-state index contributed by atoms with van der Waals surface area (Å²) in [7, 11) is 0. The van der Waals surface area contributed by atoms with Crippen LogP contribution in [0.15, 0.2) is 11.9 Å². The van der Waals surface area contributed by atoms with Gasteiger partial charge < -0.3 is 5.32 Å². The molecule has 0 aliphatic carbocycles. The minimum absolute atomic E-state index is 0.0266. The maximum Gasteiger partial charge on any atom is 0.0985 e. The first-order chi connectivity index (χ1) is 3.39. The number of halogens is 1. The molecule has 1 N–H and O–H groups in total. The molecule has 1 rings (SSSR count). The lowest BCUT2D eigenvalue weighted by Gasteiger charge is -2.05. The molecule has 0 fully saturated rings. The monoisotopic (exact) mass is 101 g/mol. The van der Waals surface area contributed by atoms with Gasteiger partial charge in [0.05, 0.1) is 5.83 Å². The minimum Gasteiger partial charge on any atom is -0.313 e. The molecule has 0 aromatic rings. The number of hydrogen-bond donors (Lipinski definition) is 1. The van der Waals surface area contributed by atoms with E-state index in [9.17, 15) is 4.39 Å². The van der Waals surface area contributed by atoms with E-state index in [0.29, 0.717) is 13.0 Å². The fourth-order valence-electron chi connectivity index (χ4n) is 0.595. The van der Waals surface area contributed by atoms with Crippen molar-refractivity contribution in [3.63, 3.8) is 0 Å². The standard InChI is InChI=1S/C5H8FN/c6-5-1-3-7-4-2-5/h1,7H,2-4H2. The zero-order chi connectivity index (χ0) is 5.11. The van der Waals surface area contributed by atoms with Crippen LogP contribution in [0.4, 0.5) is 4.39 Å². The third-order valence-corrected chi connectivity index (χ3v) is 1.01. The van der Waals surface area contributed by atoms with Crippen LogP contribution in [0.25, 0.3) is 0 Å². The minimum atomic E-state index is 0.0266. The quantitative estimate of drug-likeness (QED) is 0.476. The highest BCUT2D eigenvalue weighted by atomic mass is 19.1. The third kappa shape index (κ3) is 1.27. The molecule has 7 heavy (non-hydrogen) atoms. The molecule has 0 unspecified atom stereocenters. The summed E-state index contributed by atoms with van der Waals surface area (Å²) in [5, 5.41) is 3.00. The summed E-state index contributed by atoms with van der Waals surface area (Å²) in [5.74, 6) is 0.0266. The van der Waals surface area contributed by atoms with E-state index in [2.05, 4.69) is 5.32 Å². The van der Waals surface area contributed by atoms with Crippen molar-refractivity contribution in [3.8, 4) is 0 Å². The maximum absolute atomic E-state index is 12.0. The van der Waals surface area contributed by atoms with E-state index in [4.69, 9.17) is 0 Å². The molecule has 1 heterocycles. The van der Waals surface area contributed by atoms with Gasteiger partial charge in [-0.25, -0.2) is 4.39 Å². The van der Waals surface area contributed by atoms with E-state index in [-0.39, 0.29) is 5.83 Å². The van der Waals surface area contributed by atoms with Gasteiger partial charge in [0.25, 0.3) is 0 Å². The molecule has 0 bridgehead atoms. The van der Waals surface area contributed by atoms with Crippen molar-refractivity contribution in [2.24, 2.45) is 0 Å². The molecule has 0 amide bonds. The maximum atomic E-state index is 12.0. The molecule has 1 aliphatic rings. The average Bonchev–Trinajstić information content (AvgIpc) is 1.69. The number of nitrogens with one attached hydrogen (secondary N) is 1. The van der Waals surface area contributed by atoms with Crippen molar-refractivity contribution in [1.29, 1.82) is 0 Å². The summed E-state index contributed by atoms with van der Waals surface area (Å²) >= 11 is 0. The lowest BCUT2D eigenvalue weighted by atomic mass is 10.3. The van der Waals surface area contributed by atoms with Crippen LogP contribution in [0.3, 0.4) is 0 Å². The summed E-state index contributed by atoms with van der Waals surface area (Å²) in [6.45, 7) is 1.49. The van der Waals surface area contributed by atoms with Crippen molar-refractivity contribution in [1.82, 2.24) is 5.32 Å². The Bertz CT molecular complexity index is 88.1. The van der Waals surface area contributed by atoms with Gasteiger partial charge in [-0.1, -0.05) is 0 Å². The molecule has 0 aromatic heterocycles. The van der Waals surface area contributed by atoms with Crippen molar-refractivity contribution in [2.75, 3.05) is 13.1 Å². The van der Waals surface area contributed by atoms with Crippen molar-refractivity contribution >= 4 is 0 Å². The van der Waals surface area contributed by atoms with Gasteiger partial charge in [-0.2, -0.15) is 0 Å². The van der Waals surface area contributed by atoms with Crippen LogP contribution in [0.5, 0.6) is 0 Å². The van der Waals surface area contributed by atoms with E-state index in [1.807, 2.05) is 0 Å². The third-order valence-electron chi connectivity index (χ3n) is 1.01. The van der Waals surface area contributed by atoms with Gasteiger partial charge in [-0.05, 0) is 6.08 Å². The van der Waals surface area contributed by atoms with Gasteiger partial charge in [0.1, 0.15) is 0 Å². The number of rotatable bonds is 0. The molecule has 0 spiro atoms. The molecule has 1 aliphatic heterocycles. The Kier molecular flexibility index (Phi) is 1.42. The highest BCUT2D eigenvalue weighted by Gasteiger charge is 1.97. The summed E-state index contributed by atoms with van der Waals surface area (Å²) in [6, 6.07) is 0. The van der Waals surface area contributed by atoms with Crippen molar-refractivity contribution in [2.45, 2.75) is 6.42 Å². The Morgan fingerprint density at radius 2 is 2.57 bits per heavy atom. The van der Waals surface area contributed by atoms with Crippen molar-refractivity contribution < 1.29 is 4.39 Å². The van der Waals surface area contributed by atoms with E-state index in [0.717, 1.165) is 6.54 Å². The van der Waals surface area contributed by atoms with E-state index >= 15 is 0 Å².